The van der Waals surface area contributed by atoms with Gasteiger partial charge in [0.25, 0.3) is 6.43 Å². The summed E-state index contributed by atoms with van der Waals surface area (Å²) in [5, 5.41) is 2.80. The average molecular weight is 344 g/mol. The first-order chi connectivity index (χ1) is 8.95. The molecule has 1 atom stereocenters. The third kappa shape index (κ3) is 5.08. The van der Waals surface area contributed by atoms with Gasteiger partial charge in [0.05, 0.1) is 4.47 Å². The van der Waals surface area contributed by atoms with Crippen molar-refractivity contribution < 1.29 is 22.3 Å². The number of halogens is 5. The van der Waals surface area contributed by atoms with E-state index >= 15 is 0 Å². The van der Waals surface area contributed by atoms with Crippen LogP contribution in [0.15, 0.2) is 16.6 Å². The van der Waals surface area contributed by atoms with Crippen LogP contribution in [0.2, 0.25) is 0 Å². The van der Waals surface area contributed by atoms with E-state index in [-0.39, 0.29) is 23.1 Å². The van der Waals surface area contributed by atoms with Crippen molar-refractivity contribution in [2.75, 3.05) is 20.3 Å². The summed E-state index contributed by atoms with van der Waals surface area (Å²) in [6.07, 6.45) is -2.27. The molecule has 0 aliphatic heterocycles. The lowest BCUT2D eigenvalue weighted by Gasteiger charge is -2.18. The lowest BCUT2D eigenvalue weighted by molar-refractivity contribution is 0.0144. The highest BCUT2D eigenvalue weighted by atomic mass is 79.9. The largest absolute Gasteiger partial charge is 0.375 e. The van der Waals surface area contributed by atoms with Crippen LogP contribution >= 0.6 is 15.9 Å². The summed E-state index contributed by atoms with van der Waals surface area (Å²) in [6.45, 7) is -0.624. The van der Waals surface area contributed by atoms with Gasteiger partial charge in [0.1, 0.15) is 18.2 Å². The maximum absolute atomic E-state index is 13.7. The fourth-order valence-electron chi connectivity index (χ4n) is 1.63. The van der Waals surface area contributed by atoms with E-state index in [1.165, 1.54) is 0 Å². The van der Waals surface area contributed by atoms with Crippen LogP contribution in [0.4, 0.5) is 17.6 Å². The first-order valence-corrected chi connectivity index (χ1v) is 6.42. The molecule has 0 saturated carbocycles. The molecule has 1 unspecified atom stereocenters. The van der Waals surface area contributed by atoms with Crippen LogP contribution in [0.1, 0.15) is 18.0 Å². The molecule has 0 spiro atoms. The summed E-state index contributed by atoms with van der Waals surface area (Å²) in [5.41, 5.74) is 0.142. The summed E-state index contributed by atoms with van der Waals surface area (Å²) in [4.78, 5) is 0. The van der Waals surface area contributed by atoms with Gasteiger partial charge in [-0.15, -0.1) is 0 Å². The topological polar surface area (TPSA) is 21.3 Å². The number of hydrogen-bond acceptors (Lipinski definition) is 2. The van der Waals surface area contributed by atoms with Gasteiger partial charge in [0.2, 0.25) is 0 Å². The molecular formula is C12H14BrF4NO. The first-order valence-electron chi connectivity index (χ1n) is 5.63. The zero-order chi connectivity index (χ0) is 14.4. The molecule has 0 fully saturated rings. The fourth-order valence-corrected chi connectivity index (χ4v) is 1.95. The standard InChI is InChI=1S/C12H14BrF4NO/c1-18-11(2-3-19-6-12(16)17)7-4-10(15)8(13)5-9(7)14/h4-5,11-12,18H,2-3,6H2,1H3. The Balaban J connectivity index is 2.67. The van der Waals surface area contributed by atoms with Crippen LogP contribution in [-0.4, -0.2) is 26.7 Å². The molecule has 0 aliphatic carbocycles. The third-order valence-corrected chi connectivity index (χ3v) is 3.17. The number of ether oxygens (including phenoxy) is 1. The summed E-state index contributed by atoms with van der Waals surface area (Å²) in [7, 11) is 1.58. The van der Waals surface area contributed by atoms with Gasteiger partial charge in [-0.3, -0.25) is 0 Å². The lowest BCUT2D eigenvalue weighted by atomic mass is 10.0. The van der Waals surface area contributed by atoms with Crippen molar-refractivity contribution in [3.8, 4) is 0 Å². The van der Waals surface area contributed by atoms with E-state index < -0.39 is 30.7 Å². The molecule has 2 nitrogen and oxygen atoms in total. The van der Waals surface area contributed by atoms with Gasteiger partial charge in [-0.25, -0.2) is 17.6 Å². The van der Waals surface area contributed by atoms with Gasteiger partial charge < -0.3 is 10.1 Å². The van der Waals surface area contributed by atoms with Crippen LogP contribution < -0.4 is 5.32 Å². The molecule has 0 amide bonds. The van der Waals surface area contributed by atoms with E-state index in [1.807, 2.05) is 0 Å². The maximum atomic E-state index is 13.7. The molecule has 1 N–H and O–H groups in total. The van der Waals surface area contributed by atoms with Crippen LogP contribution in [0.5, 0.6) is 0 Å². The van der Waals surface area contributed by atoms with E-state index in [0.717, 1.165) is 12.1 Å². The molecule has 0 saturated heterocycles. The molecule has 0 bridgehead atoms. The smallest absolute Gasteiger partial charge is 0.261 e. The summed E-state index contributed by atoms with van der Waals surface area (Å²) >= 11 is 2.89. The van der Waals surface area contributed by atoms with E-state index in [9.17, 15) is 17.6 Å². The number of nitrogens with one attached hydrogen (secondary N) is 1. The Hall–Kier alpha value is -0.660. The molecule has 0 aliphatic rings. The zero-order valence-corrected chi connectivity index (χ0v) is 11.8. The number of benzene rings is 1. The van der Waals surface area contributed by atoms with Gasteiger partial charge >= 0.3 is 0 Å². The third-order valence-electron chi connectivity index (χ3n) is 2.56. The van der Waals surface area contributed by atoms with Crippen LogP contribution in [0.25, 0.3) is 0 Å². The summed E-state index contributed by atoms with van der Waals surface area (Å²) in [5.74, 6) is -1.15. The van der Waals surface area contributed by atoms with E-state index in [2.05, 4.69) is 21.2 Å². The highest BCUT2D eigenvalue weighted by molar-refractivity contribution is 9.10. The van der Waals surface area contributed by atoms with Crippen molar-refractivity contribution >= 4 is 15.9 Å². The normalized spacial score (nSPS) is 13.0. The Kier molecular flexibility index (Phi) is 6.74. The second-order valence-corrected chi connectivity index (χ2v) is 4.74. The highest BCUT2D eigenvalue weighted by Crippen LogP contribution is 2.25. The molecule has 0 aromatic heterocycles. The van der Waals surface area contributed by atoms with Crippen molar-refractivity contribution in [2.24, 2.45) is 0 Å². The fraction of sp³-hybridized carbons (Fsp3) is 0.500. The minimum Gasteiger partial charge on any atom is -0.375 e. The summed E-state index contributed by atoms with van der Waals surface area (Å²) in [6, 6.07) is 1.61. The van der Waals surface area contributed by atoms with Crippen molar-refractivity contribution in [1.29, 1.82) is 0 Å². The minimum absolute atomic E-state index is 0.0347. The number of rotatable bonds is 7. The first kappa shape index (κ1) is 16.4. The molecule has 0 heterocycles. The molecule has 19 heavy (non-hydrogen) atoms. The zero-order valence-electron chi connectivity index (χ0n) is 10.2. The van der Waals surface area contributed by atoms with Gasteiger partial charge in [0, 0.05) is 18.2 Å². The van der Waals surface area contributed by atoms with Crippen molar-refractivity contribution in [3.63, 3.8) is 0 Å². The van der Waals surface area contributed by atoms with E-state index in [1.54, 1.807) is 7.05 Å². The molecule has 1 aromatic carbocycles. The summed E-state index contributed by atoms with van der Waals surface area (Å²) < 4.78 is 55.6. The van der Waals surface area contributed by atoms with Crippen molar-refractivity contribution in [3.05, 3.63) is 33.8 Å². The van der Waals surface area contributed by atoms with E-state index in [4.69, 9.17) is 4.74 Å². The quantitative estimate of drug-likeness (QED) is 0.463. The predicted octanol–water partition coefficient (Wildman–Crippen LogP) is 3.66. The van der Waals surface area contributed by atoms with Crippen LogP contribution in [0.3, 0.4) is 0 Å². The lowest BCUT2D eigenvalue weighted by Crippen LogP contribution is -2.20. The molecule has 1 rings (SSSR count). The Morgan fingerprint density at radius 1 is 1.26 bits per heavy atom. The minimum atomic E-state index is -2.53. The van der Waals surface area contributed by atoms with Gasteiger partial charge in [-0.2, -0.15) is 0 Å². The Bertz CT molecular complexity index is 417. The van der Waals surface area contributed by atoms with Gasteiger partial charge in [-0.05, 0) is 41.5 Å². The predicted molar refractivity (Wildman–Crippen MR) is 67.3 cm³/mol. The van der Waals surface area contributed by atoms with Crippen LogP contribution in [0, 0.1) is 11.6 Å². The van der Waals surface area contributed by atoms with Gasteiger partial charge in [-0.1, -0.05) is 0 Å². The Morgan fingerprint density at radius 2 is 1.95 bits per heavy atom. The van der Waals surface area contributed by atoms with E-state index in [0.29, 0.717) is 0 Å². The number of hydrogen-bond donors (Lipinski definition) is 1. The second kappa shape index (κ2) is 7.81. The second-order valence-electron chi connectivity index (χ2n) is 3.88. The Morgan fingerprint density at radius 3 is 2.53 bits per heavy atom. The number of alkyl halides is 2. The van der Waals surface area contributed by atoms with Crippen molar-refractivity contribution in [2.45, 2.75) is 18.9 Å². The average Bonchev–Trinajstić information content (AvgIpc) is 2.34. The Labute approximate surface area is 117 Å². The highest BCUT2D eigenvalue weighted by Gasteiger charge is 2.17. The molecule has 1 aromatic rings. The molecule has 108 valence electrons. The van der Waals surface area contributed by atoms with Crippen LogP contribution in [-0.2, 0) is 4.74 Å². The van der Waals surface area contributed by atoms with Crippen molar-refractivity contribution in [1.82, 2.24) is 5.32 Å². The molecule has 0 radical (unpaired) electrons. The molecule has 7 heteroatoms. The SMILES string of the molecule is CNC(CCOCC(F)F)c1cc(F)c(Br)cc1F. The maximum Gasteiger partial charge on any atom is 0.261 e. The molecular weight excluding hydrogens is 330 g/mol. The van der Waals surface area contributed by atoms with Gasteiger partial charge in [0.15, 0.2) is 0 Å². The monoisotopic (exact) mass is 343 g/mol.